The summed E-state index contributed by atoms with van der Waals surface area (Å²) in [6.45, 7) is 0.146. The fraction of sp³-hybridized carbons (Fsp3) is 0.462. The first kappa shape index (κ1) is 18.8. The van der Waals surface area contributed by atoms with Gasteiger partial charge in [0.2, 0.25) is 10.0 Å². The van der Waals surface area contributed by atoms with Gasteiger partial charge >= 0.3 is 5.97 Å². The summed E-state index contributed by atoms with van der Waals surface area (Å²) in [4.78, 5) is 11.2. The Balaban J connectivity index is 0.00000242. The topological polar surface area (TPSA) is 98.5 Å². The maximum Gasteiger partial charge on any atom is 0.339 e. The van der Waals surface area contributed by atoms with E-state index in [1.54, 1.807) is 0 Å². The Kier molecular flexibility index (Phi) is 6.30. The lowest BCUT2D eigenvalue weighted by Gasteiger charge is -2.17. The molecule has 0 bridgehead atoms. The number of carbonyl (C=O) groups excluding carboxylic acids is 1. The highest BCUT2D eigenvalue weighted by atomic mass is 35.5. The summed E-state index contributed by atoms with van der Waals surface area (Å²) in [7, 11) is -2.93. The molecule has 9 heteroatoms. The average molecular weight is 353 g/mol. The zero-order valence-corrected chi connectivity index (χ0v) is 13.5. The molecule has 1 aliphatic carbocycles. The molecule has 1 aliphatic rings. The summed E-state index contributed by atoms with van der Waals surface area (Å²) < 4.78 is 45.1. The van der Waals surface area contributed by atoms with Crippen LogP contribution in [0.25, 0.3) is 0 Å². The van der Waals surface area contributed by atoms with Crippen molar-refractivity contribution in [2.75, 3.05) is 13.7 Å². The van der Waals surface area contributed by atoms with E-state index in [4.69, 9.17) is 5.73 Å². The summed E-state index contributed by atoms with van der Waals surface area (Å²) in [6.07, 6.45) is 1.80. The van der Waals surface area contributed by atoms with E-state index in [1.165, 1.54) is 0 Å². The highest BCUT2D eigenvalue weighted by molar-refractivity contribution is 7.89. The van der Waals surface area contributed by atoms with Crippen molar-refractivity contribution in [3.8, 4) is 0 Å². The van der Waals surface area contributed by atoms with Crippen molar-refractivity contribution in [3.05, 3.63) is 29.6 Å². The monoisotopic (exact) mass is 352 g/mol. The second-order valence-corrected chi connectivity index (χ2v) is 6.62. The molecule has 1 atom stereocenters. The summed E-state index contributed by atoms with van der Waals surface area (Å²) in [5.41, 5.74) is 5.35. The minimum absolute atomic E-state index is 0. The van der Waals surface area contributed by atoms with Crippen molar-refractivity contribution in [3.63, 3.8) is 0 Å². The minimum atomic E-state index is -4.06. The molecule has 0 radical (unpaired) electrons. The molecule has 124 valence electrons. The van der Waals surface area contributed by atoms with Crippen LogP contribution < -0.4 is 10.5 Å². The van der Waals surface area contributed by atoms with Crippen molar-refractivity contribution in [2.24, 2.45) is 11.7 Å². The SMILES string of the molecule is COC(=O)c1ccc(F)cc1S(=O)(=O)NC(CN)C1CC1.Cl. The Bertz CT molecular complexity index is 649. The van der Waals surface area contributed by atoms with Gasteiger partial charge in [0, 0.05) is 12.6 Å². The van der Waals surface area contributed by atoms with Crippen molar-refractivity contribution in [2.45, 2.75) is 23.8 Å². The number of carbonyl (C=O) groups is 1. The number of rotatable bonds is 6. The number of sulfonamides is 1. The third kappa shape index (κ3) is 4.16. The maximum atomic E-state index is 13.4. The molecule has 0 heterocycles. The van der Waals surface area contributed by atoms with Gasteiger partial charge in [0.15, 0.2) is 0 Å². The quantitative estimate of drug-likeness (QED) is 0.746. The molecular weight excluding hydrogens is 335 g/mol. The van der Waals surface area contributed by atoms with E-state index in [2.05, 4.69) is 9.46 Å². The standard InChI is InChI=1S/C13H17FN2O4S.ClH/c1-20-13(17)10-5-4-9(14)6-12(10)21(18,19)16-11(7-15)8-2-3-8;/h4-6,8,11,16H,2-3,7,15H2,1H3;1H. The first-order valence-electron chi connectivity index (χ1n) is 6.49. The van der Waals surface area contributed by atoms with Crippen LogP contribution in [-0.4, -0.2) is 34.1 Å². The van der Waals surface area contributed by atoms with Gasteiger partial charge in [0.25, 0.3) is 0 Å². The Hall–Kier alpha value is -1.22. The fourth-order valence-electron chi connectivity index (χ4n) is 2.10. The molecule has 3 N–H and O–H groups in total. The molecule has 1 aromatic rings. The number of hydrogen-bond acceptors (Lipinski definition) is 5. The van der Waals surface area contributed by atoms with Crippen molar-refractivity contribution in [1.29, 1.82) is 0 Å². The van der Waals surface area contributed by atoms with Gasteiger partial charge < -0.3 is 10.5 Å². The minimum Gasteiger partial charge on any atom is -0.465 e. The van der Waals surface area contributed by atoms with Gasteiger partial charge in [-0.2, -0.15) is 0 Å². The van der Waals surface area contributed by atoms with E-state index in [1.807, 2.05) is 0 Å². The first-order valence-corrected chi connectivity index (χ1v) is 7.97. The predicted octanol–water partition coefficient (Wildman–Crippen LogP) is 1.05. The van der Waals surface area contributed by atoms with E-state index in [9.17, 15) is 17.6 Å². The molecule has 1 aromatic carbocycles. The van der Waals surface area contributed by atoms with Crippen LogP contribution in [0.3, 0.4) is 0 Å². The third-order valence-corrected chi connectivity index (χ3v) is 4.92. The van der Waals surface area contributed by atoms with E-state index in [-0.39, 0.29) is 30.4 Å². The number of esters is 1. The molecule has 2 rings (SSSR count). The molecule has 0 saturated heterocycles. The van der Waals surface area contributed by atoms with Crippen LogP contribution in [0.4, 0.5) is 4.39 Å². The molecule has 1 fully saturated rings. The second-order valence-electron chi connectivity index (χ2n) is 4.93. The number of ether oxygens (including phenoxy) is 1. The molecule has 0 amide bonds. The van der Waals surface area contributed by atoms with Crippen LogP contribution >= 0.6 is 12.4 Å². The van der Waals surface area contributed by atoms with Gasteiger partial charge in [0.05, 0.1) is 17.6 Å². The summed E-state index contributed by atoms with van der Waals surface area (Å²) >= 11 is 0. The van der Waals surface area contributed by atoms with Crippen LogP contribution in [-0.2, 0) is 14.8 Å². The molecule has 22 heavy (non-hydrogen) atoms. The molecule has 1 unspecified atom stereocenters. The lowest BCUT2D eigenvalue weighted by molar-refractivity contribution is 0.0596. The number of nitrogens with one attached hydrogen (secondary N) is 1. The van der Waals surface area contributed by atoms with Gasteiger partial charge in [-0.05, 0) is 37.0 Å². The van der Waals surface area contributed by atoms with Gasteiger partial charge in [-0.1, -0.05) is 0 Å². The van der Waals surface area contributed by atoms with E-state index < -0.39 is 32.7 Å². The molecular formula is C13H18ClFN2O4S. The number of nitrogens with two attached hydrogens (primary N) is 1. The molecule has 0 aliphatic heterocycles. The summed E-state index contributed by atoms with van der Waals surface area (Å²) in [5, 5.41) is 0. The lowest BCUT2D eigenvalue weighted by atomic mass is 10.2. The van der Waals surface area contributed by atoms with Gasteiger partial charge in [-0.25, -0.2) is 22.3 Å². The lowest BCUT2D eigenvalue weighted by Crippen LogP contribution is -2.42. The van der Waals surface area contributed by atoms with Crippen molar-refractivity contribution >= 4 is 28.4 Å². The highest BCUT2D eigenvalue weighted by Gasteiger charge is 2.34. The molecule has 1 saturated carbocycles. The third-order valence-electron chi connectivity index (χ3n) is 3.39. The number of methoxy groups -OCH3 is 1. The zero-order valence-electron chi connectivity index (χ0n) is 11.9. The predicted molar refractivity (Wildman–Crippen MR) is 80.9 cm³/mol. The van der Waals surface area contributed by atoms with Crippen LogP contribution in [0.2, 0.25) is 0 Å². The van der Waals surface area contributed by atoms with Crippen molar-refractivity contribution in [1.82, 2.24) is 4.72 Å². The largest absolute Gasteiger partial charge is 0.465 e. The first-order chi connectivity index (χ1) is 9.89. The highest BCUT2D eigenvalue weighted by Crippen LogP contribution is 2.33. The molecule has 0 aromatic heterocycles. The summed E-state index contributed by atoms with van der Waals surface area (Å²) in [5.74, 6) is -1.40. The number of benzene rings is 1. The van der Waals surface area contributed by atoms with Crippen LogP contribution in [0.15, 0.2) is 23.1 Å². The van der Waals surface area contributed by atoms with Crippen LogP contribution in [0, 0.1) is 11.7 Å². The normalized spacial score (nSPS) is 15.8. The molecule has 6 nitrogen and oxygen atoms in total. The van der Waals surface area contributed by atoms with E-state index in [0.29, 0.717) is 0 Å². The summed E-state index contributed by atoms with van der Waals surface area (Å²) in [6, 6.07) is 2.48. The number of halogens is 2. The van der Waals surface area contributed by atoms with E-state index in [0.717, 1.165) is 38.2 Å². The van der Waals surface area contributed by atoms with Crippen molar-refractivity contribution < 1.29 is 22.3 Å². The average Bonchev–Trinajstić information content (AvgIpc) is 3.28. The van der Waals surface area contributed by atoms with Crippen LogP contribution in [0.5, 0.6) is 0 Å². The Labute approximate surface area is 134 Å². The number of hydrogen-bond donors (Lipinski definition) is 2. The Morgan fingerprint density at radius 3 is 2.64 bits per heavy atom. The van der Waals surface area contributed by atoms with Crippen LogP contribution in [0.1, 0.15) is 23.2 Å². The second kappa shape index (κ2) is 7.36. The van der Waals surface area contributed by atoms with Gasteiger partial charge in [0.1, 0.15) is 5.82 Å². The smallest absolute Gasteiger partial charge is 0.339 e. The van der Waals surface area contributed by atoms with Gasteiger partial charge in [-0.15, -0.1) is 12.4 Å². The van der Waals surface area contributed by atoms with E-state index >= 15 is 0 Å². The Morgan fingerprint density at radius 2 is 2.14 bits per heavy atom. The molecule has 0 spiro atoms. The fourth-order valence-corrected chi connectivity index (χ4v) is 3.62. The maximum absolute atomic E-state index is 13.4. The zero-order chi connectivity index (χ0) is 15.6. The Morgan fingerprint density at radius 1 is 1.50 bits per heavy atom. The van der Waals surface area contributed by atoms with Gasteiger partial charge in [-0.3, -0.25) is 0 Å².